The molecule has 0 aliphatic heterocycles. The standard InChI is InChI=1S/C14H11F2N5O4S/c1-7(20-6-8(5-17-20)21(23)24)12(22)19-14-18-10-3-2-9(25-13(15)16)4-11(10)26-14/h2-7,13H,1H3,(H,18,19,22). The Morgan fingerprint density at radius 3 is 2.88 bits per heavy atom. The molecule has 0 aliphatic carbocycles. The van der Waals surface area contributed by atoms with E-state index in [9.17, 15) is 23.7 Å². The van der Waals surface area contributed by atoms with Crippen LogP contribution in [-0.2, 0) is 4.79 Å². The van der Waals surface area contributed by atoms with E-state index in [1.807, 2.05) is 0 Å². The highest BCUT2D eigenvalue weighted by Gasteiger charge is 2.20. The van der Waals surface area contributed by atoms with Gasteiger partial charge < -0.3 is 10.1 Å². The van der Waals surface area contributed by atoms with Crippen LogP contribution in [0, 0.1) is 10.1 Å². The van der Waals surface area contributed by atoms with E-state index < -0.39 is 23.5 Å². The van der Waals surface area contributed by atoms with Gasteiger partial charge in [-0.05, 0) is 25.1 Å². The summed E-state index contributed by atoms with van der Waals surface area (Å²) in [5.74, 6) is -0.489. The third kappa shape index (κ3) is 3.74. The zero-order chi connectivity index (χ0) is 18.8. The summed E-state index contributed by atoms with van der Waals surface area (Å²) in [7, 11) is 0. The lowest BCUT2D eigenvalue weighted by Crippen LogP contribution is -2.23. The van der Waals surface area contributed by atoms with Gasteiger partial charge in [0, 0.05) is 0 Å². The molecule has 1 aromatic carbocycles. The number of aromatic nitrogens is 3. The summed E-state index contributed by atoms with van der Waals surface area (Å²) in [5.41, 5.74) is 0.283. The molecule has 3 rings (SSSR count). The first-order chi connectivity index (χ1) is 12.3. The van der Waals surface area contributed by atoms with Crippen molar-refractivity contribution in [1.29, 1.82) is 0 Å². The minimum absolute atomic E-state index is 0.00811. The minimum atomic E-state index is -2.93. The first kappa shape index (κ1) is 17.7. The first-order valence-electron chi connectivity index (χ1n) is 7.18. The highest BCUT2D eigenvalue weighted by Crippen LogP contribution is 2.30. The van der Waals surface area contributed by atoms with Crippen LogP contribution in [0.15, 0.2) is 30.6 Å². The molecule has 0 saturated carbocycles. The molecule has 12 heteroatoms. The number of hydrogen-bond donors (Lipinski definition) is 1. The Kier molecular flexibility index (Phi) is 4.75. The van der Waals surface area contributed by atoms with Crippen molar-refractivity contribution >= 4 is 38.3 Å². The molecule has 2 heterocycles. The second-order valence-corrected chi connectivity index (χ2v) is 6.16. The Hall–Kier alpha value is -3.15. The Bertz CT molecular complexity index is 973. The summed E-state index contributed by atoms with van der Waals surface area (Å²) in [5, 5.41) is 17.3. The van der Waals surface area contributed by atoms with E-state index in [0.29, 0.717) is 10.2 Å². The lowest BCUT2D eigenvalue weighted by molar-refractivity contribution is -0.385. The van der Waals surface area contributed by atoms with Crippen LogP contribution in [-0.4, -0.2) is 32.2 Å². The van der Waals surface area contributed by atoms with Crippen LogP contribution in [0.5, 0.6) is 5.75 Å². The van der Waals surface area contributed by atoms with Crippen LogP contribution in [0.4, 0.5) is 19.6 Å². The van der Waals surface area contributed by atoms with Crippen molar-refractivity contribution in [2.24, 2.45) is 0 Å². The smallest absolute Gasteiger partial charge is 0.387 e. The van der Waals surface area contributed by atoms with Gasteiger partial charge >= 0.3 is 12.3 Å². The van der Waals surface area contributed by atoms with Gasteiger partial charge in [0.15, 0.2) is 5.13 Å². The van der Waals surface area contributed by atoms with E-state index in [-0.39, 0.29) is 16.6 Å². The number of hydrogen-bond acceptors (Lipinski definition) is 7. The van der Waals surface area contributed by atoms with Gasteiger partial charge in [-0.25, -0.2) is 4.98 Å². The maximum absolute atomic E-state index is 12.3. The topological polar surface area (TPSA) is 112 Å². The molecule has 3 aromatic rings. The van der Waals surface area contributed by atoms with E-state index >= 15 is 0 Å². The van der Waals surface area contributed by atoms with Crippen molar-refractivity contribution in [3.63, 3.8) is 0 Å². The van der Waals surface area contributed by atoms with E-state index in [2.05, 4.69) is 20.1 Å². The van der Waals surface area contributed by atoms with E-state index in [1.54, 1.807) is 0 Å². The summed E-state index contributed by atoms with van der Waals surface area (Å²) >= 11 is 1.08. The highest BCUT2D eigenvalue weighted by molar-refractivity contribution is 7.22. The summed E-state index contributed by atoms with van der Waals surface area (Å²) in [6.07, 6.45) is 2.20. The summed E-state index contributed by atoms with van der Waals surface area (Å²) in [6.45, 7) is -1.41. The second-order valence-electron chi connectivity index (χ2n) is 5.13. The van der Waals surface area contributed by atoms with E-state index in [4.69, 9.17) is 0 Å². The fraction of sp³-hybridized carbons (Fsp3) is 0.214. The maximum atomic E-state index is 12.3. The van der Waals surface area contributed by atoms with E-state index in [0.717, 1.165) is 28.4 Å². The largest absolute Gasteiger partial charge is 0.435 e. The summed E-state index contributed by atoms with van der Waals surface area (Å²) in [6, 6.07) is 3.44. The number of nitrogens with one attached hydrogen (secondary N) is 1. The molecule has 0 spiro atoms. The molecule has 136 valence electrons. The molecule has 9 nitrogen and oxygen atoms in total. The predicted molar refractivity (Wildman–Crippen MR) is 88.5 cm³/mol. The van der Waals surface area contributed by atoms with Crippen LogP contribution in [0.2, 0.25) is 0 Å². The molecule has 1 N–H and O–H groups in total. The Balaban J connectivity index is 1.74. The van der Waals surface area contributed by atoms with Gasteiger partial charge in [0.1, 0.15) is 24.2 Å². The van der Waals surface area contributed by atoms with Crippen molar-refractivity contribution in [3.05, 3.63) is 40.7 Å². The van der Waals surface area contributed by atoms with Crippen molar-refractivity contribution in [2.45, 2.75) is 19.6 Å². The predicted octanol–water partition coefficient (Wildman–Crippen LogP) is 3.20. The third-order valence-corrected chi connectivity index (χ3v) is 4.32. The van der Waals surface area contributed by atoms with Gasteiger partial charge in [0.2, 0.25) is 0 Å². The molecule has 26 heavy (non-hydrogen) atoms. The van der Waals surface area contributed by atoms with Crippen molar-refractivity contribution in [2.75, 3.05) is 5.32 Å². The van der Waals surface area contributed by atoms with Gasteiger partial charge in [-0.2, -0.15) is 13.9 Å². The van der Waals surface area contributed by atoms with E-state index in [1.165, 1.54) is 25.1 Å². The molecular weight excluding hydrogens is 372 g/mol. The second kappa shape index (κ2) is 7.00. The van der Waals surface area contributed by atoms with Crippen molar-refractivity contribution in [1.82, 2.24) is 14.8 Å². The molecule has 0 bridgehead atoms. The number of benzene rings is 1. The van der Waals surface area contributed by atoms with Crippen LogP contribution in [0.3, 0.4) is 0 Å². The molecule has 0 radical (unpaired) electrons. The third-order valence-electron chi connectivity index (χ3n) is 3.39. The number of nitro groups is 1. The molecule has 0 fully saturated rings. The maximum Gasteiger partial charge on any atom is 0.387 e. The SMILES string of the molecule is CC(C(=O)Nc1nc2ccc(OC(F)F)cc2s1)n1cc([N+](=O)[O-])cn1. The molecule has 1 amide bonds. The fourth-order valence-corrected chi connectivity index (χ4v) is 3.00. The first-order valence-corrected chi connectivity index (χ1v) is 8.00. The van der Waals surface area contributed by atoms with Gasteiger partial charge in [0.05, 0.1) is 15.1 Å². The molecule has 1 atom stereocenters. The van der Waals surface area contributed by atoms with Gasteiger partial charge in [-0.15, -0.1) is 0 Å². The van der Waals surface area contributed by atoms with Gasteiger partial charge in [-0.3, -0.25) is 19.6 Å². The summed E-state index contributed by atoms with van der Waals surface area (Å²) < 4.78 is 30.6. The molecule has 0 aliphatic rings. The Morgan fingerprint density at radius 2 is 2.23 bits per heavy atom. The van der Waals surface area contributed by atoms with Crippen molar-refractivity contribution in [3.8, 4) is 5.75 Å². The number of carbonyl (C=O) groups is 1. The lowest BCUT2D eigenvalue weighted by atomic mass is 10.3. The molecule has 0 saturated heterocycles. The van der Waals surface area contributed by atoms with Crippen molar-refractivity contribution < 1.29 is 23.2 Å². The fourth-order valence-electron chi connectivity index (χ4n) is 2.10. The van der Waals surface area contributed by atoms with Crippen LogP contribution in [0.25, 0.3) is 10.2 Å². The zero-order valence-electron chi connectivity index (χ0n) is 13.1. The number of nitrogens with zero attached hydrogens (tertiary/aromatic N) is 4. The highest BCUT2D eigenvalue weighted by atomic mass is 32.1. The average molecular weight is 383 g/mol. The number of alkyl halides is 2. The number of amides is 1. The average Bonchev–Trinajstić information content (AvgIpc) is 3.19. The number of rotatable bonds is 6. The van der Waals surface area contributed by atoms with Crippen LogP contribution < -0.4 is 10.1 Å². The quantitative estimate of drug-likeness (QED) is 0.517. The van der Waals surface area contributed by atoms with Crippen LogP contribution >= 0.6 is 11.3 Å². The van der Waals surface area contributed by atoms with Crippen LogP contribution in [0.1, 0.15) is 13.0 Å². The Morgan fingerprint density at radius 1 is 1.46 bits per heavy atom. The Labute approximate surface area is 148 Å². The normalized spacial score (nSPS) is 12.3. The number of ether oxygens (including phenoxy) is 1. The molecular formula is C14H11F2N5O4S. The van der Waals surface area contributed by atoms with Gasteiger partial charge in [0.25, 0.3) is 5.91 Å². The molecule has 2 aromatic heterocycles. The minimum Gasteiger partial charge on any atom is -0.435 e. The number of fused-ring (bicyclic) bond motifs is 1. The molecule has 1 unspecified atom stereocenters. The number of anilines is 1. The van der Waals surface area contributed by atoms with Gasteiger partial charge in [-0.1, -0.05) is 11.3 Å². The number of halogens is 2. The number of thiazole rings is 1. The summed E-state index contributed by atoms with van der Waals surface area (Å²) in [4.78, 5) is 26.5. The zero-order valence-corrected chi connectivity index (χ0v) is 13.9. The number of carbonyl (C=O) groups excluding carboxylic acids is 1. The monoisotopic (exact) mass is 383 g/mol. The lowest BCUT2D eigenvalue weighted by Gasteiger charge is -2.10.